The van der Waals surface area contributed by atoms with E-state index in [4.69, 9.17) is 24.6 Å². The molecule has 0 bridgehead atoms. The van der Waals surface area contributed by atoms with Gasteiger partial charge in [-0.05, 0) is 24.1 Å². The Morgan fingerprint density at radius 2 is 1.79 bits per heavy atom. The number of ether oxygens (including phenoxy) is 3. The van der Waals surface area contributed by atoms with Crippen LogP contribution in [0.1, 0.15) is 5.56 Å². The summed E-state index contributed by atoms with van der Waals surface area (Å²) in [5.41, 5.74) is 0.628. The molecule has 0 aliphatic heterocycles. The molecule has 0 amide bonds. The van der Waals surface area contributed by atoms with E-state index in [-0.39, 0.29) is 6.42 Å². The number of hydrogen-bond acceptors (Lipinski definition) is 5. The molecule has 1 aromatic carbocycles. The van der Waals surface area contributed by atoms with Crippen molar-refractivity contribution in [2.24, 2.45) is 5.92 Å². The summed E-state index contributed by atoms with van der Waals surface area (Å²) in [6, 6.07) is 5.01. The number of nitrogens with zero attached hydrogens (tertiary/aromatic N) is 1. The number of nitriles is 1. The summed E-state index contributed by atoms with van der Waals surface area (Å²) in [4.78, 5) is 10.9. The fourth-order valence-electron chi connectivity index (χ4n) is 1.68. The first-order valence-corrected chi connectivity index (χ1v) is 5.48. The van der Waals surface area contributed by atoms with Gasteiger partial charge in [0.1, 0.15) is 5.92 Å². The van der Waals surface area contributed by atoms with Crippen LogP contribution in [0.5, 0.6) is 17.2 Å². The van der Waals surface area contributed by atoms with Gasteiger partial charge in [-0.3, -0.25) is 4.79 Å². The molecule has 1 atom stereocenters. The van der Waals surface area contributed by atoms with Gasteiger partial charge in [-0.25, -0.2) is 0 Å². The lowest BCUT2D eigenvalue weighted by molar-refractivity contribution is -0.139. The zero-order chi connectivity index (χ0) is 14.4. The third-order valence-electron chi connectivity index (χ3n) is 2.62. The number of carboxylic acid groups (broad SMARTS) is 1. The summed E-state index contributed by atoms with van der Waals surface area (Å²) in [6.45, 7) is 0. The molecule has 6 heteroatoms. The second-order valence-electron chi connectivity index (χ2n) is 3.76. The van der Waals surface area contributed by atoms with Crippen LogP contribution in [0.3, 0.4) is 0 Å². The van der Waals surface area contributed by atoms with Crippen molar-refractivity contribution in [3.8, 4) is 23.3 Å². The van der Waals surface area contributed by atoms with E-state index in [0.717, 1.165) is 0 Å². The second kappa shape index (κ2) is 6.50. The molecule has 1 aromatic rings. The molecule has 0 saturated carbocycles. The predicted octanol–water partition coefficient (Wildman–Crippen LogP) is 1.48. The summed E-state index contributed by atoms with van der Waals surface area (Å²) in [5, 5.41) is 17.7. The number of carbonyl (C=O) groups is 1. The maximum atomic E-state index is 10.9. The fraction of sp³-hybridized carbons (Fsp3) is 0.385. The van der Waals surface area contributed by atoms with Crippen molar-refractivity contribution in [3.63, 3.8) is 0 Å². The van der Waals surface area contributed by atoms with Crippen LogP contribution in [-0.2, 0) is 11.2 Å². The summed E-state index contributed by atoms with van der Waals surface area (Å²) in [7, 11) is 4.43. The van der Waals surface area contributed by atoms with E-state index in [1.165, 1.54) is 21.3 Å². The quantitative estimate of drug-likeness (QED) is 0.838. The van der Waals surface area contributed by atoms with Crippen LogP contribution in [0.15, 0.2) is 12.1 Å². The zero-order valence-corrected chi connectivity index (χ0v) is 11.0. The Morgan fingerprint density at radius 3 is 2.11 bits per heavy atom. The van der Waals surface area contributed by atoms with Crippen LogP contribution in [0.2, 0.25) is 0 Å². The summed E-state index contributed by atoms with van der Waals surface area (Å²) in [6.07, 6.45) is 0.0720. The lowest BCUT2D eigenvalue weighted by atomic mass is 10.00. The highest BCUT2D eigenvalue weighted by atomic mass is 16.5. The number of benzene rings is 1. The van der Waals surface area contributed by atoms with Crippen molar-refractivity contribution in [2.45, 2.75) is 6.42 Å². The second-order valence-corrected chi connectivity index (χ2v) is 3.76. The standard InChI is InChI=1S/C13H15NO5/c1-17-10-5-8(4-9(7-14)13(15)16)6-11(18-2)12(10)19-3/h5-6,9H,4H2,1-3H3,(H,15,16)/t9-/m1/s1. The van der Waals surface area contributed by atoms with Gasteiger partial charge in [0.15, 0.2) is 11.5 Å². The van der Waals surface area contributed by atoms with Gasteiger partial charge in [0.25, 0.3) is 0 Å². The van der Waals surface area contributed by atoms with Gasteiger partial charge in [-0.2, -0.15) is 5.26 Å². The van der Waals surface area contributed by atoms with Crippen molar-refractivity contribution >= 4 is 5.97 Å². The van der Waals surface area contributed by atoms with Gasteiger partial charge in [-0.15, -0.1) is 0 Å². The number of methoxy groups -OCH3 is 3. The molecular weight excluding hydrogens is 250 g/mol. The zero-order valence-electron chi connectivity index (χ0n) is 11.0. The molecule has 0 radical (unpaired) electrons. The molecule has 0 saturated heterocycles. The number of aliphatic carboxylic acids is 1. The molecule has 0 aliphatic carbocycles. The first-order valence-electron chi connectivity index (χ1n) is 5.48. The molecular formula is C13H15NO5. The minimum absolute atomic E-state index is 0.0720. The Balaban J connectivity index is 3.16. The van der Waals surface area contributed by atoms with Crippen LogP contribution < -0.4 is 14.2 Å². The van der Waals surface area contributed by atoms with Crippen LogP contribution in [0.4, 0.5) is 0 Å². The van der Waals surface area contributed by atoms with Crippen LogP contribution in [0.25, 0.3) is 0 Å². The molecule has 19 heavy (non-hydrogen) atoms. The van der Waals surface area contributed by atoms with Gasteiger partial charge in [0.05, 0.1) is 27.4 Å². The topological polar surface area (TPSA) is 88.8 Å². The Bertz CT molecular complexity index is 481. The van der Waals surface area contributed by atoms with Gasteiger partial charge in [0.2, 0.25) is 5.75 Å². The first kappa shape index (κ1) is 14.6. The number of carboxylic acids is 1. The molecule has 0 aliphatic rings. The molecule has 0 aromatic heterocycles. The maximum absolute atomic E-state index is 10.9. The number of rotatable bonds is 6. The van der Waals surface area contributed by atoms with Crippen molar-refractivity contribution in [1.29, 1.82) is 5.26 Å². The Hall–Kier alpha value is -2.42. The molecule has 1 rings (SSSR count). The van der Waals surface area contributed by atoms with Crippen molar-refractivity contribution in [2.75, 3.05) is 21.3 Å². The van der Waals surface area contributed by atoms with Crippen molar-refractivity contribution < 1.29 is 24.1 Å². The number of hydrogen-bond donors (Lipinski definition) is 1. The monoisotopic (exact) mass is 265 g/mol. The highest BCUT2D eigenvalue weighted by Crippen LogP contribution is 2.38. The molecule has 6 nitrogen and oxygen atoms in total. The van der Waals surface area contributed by atoms with E-state index in [1.807, 2.05) is 0 Å². The highest BCUT2D eigenvalue weighted by Gasteiger charge is 2.20. The minimum atomic E-state index is -1.16. The van der Waals surface area contributed by atoms with Gasteiger partial charge >= 0.3 is 5.97 Å². The van der Waals surface area contributed by atoms with Gasteiger partial charge in [0, 0.05) is 0 Å². The lowest BCUT2D eigenvalue weighted by Gasteiger charge is -2.14. The Kier molecular flexibility index (Phi) is 5.01. The minimum Gasteiger partial charge on any atom is -0.493 e. The smallest absolute Gasteiger partial charge is 0.321 e. The van der Waals surface area contributed by atoms with E-state index < -0.39 is 11.9 Å². The van der Waals surface area contributed by atoms with Crippen LogP contribution in [0, 0.1) is 17.2 Å². The maximum Gasteiger partial charge on any atom is 0.321 e. The van der Waals surface area contributed by atoms with E-state index >= 15 is 0 Å². The lowest BCUT2D eigenvalue weighted by Crippen LogP contribution is -2.14. The van der Waals surface area contributed by atoms with Gasteiger partial charge < -0.3 is 19.3 Å². The highest BCUT2D eigenvalue weighted by molar-refractivity contribution is 5.73. The molecule has 102 valence electrons. The van der Waals surface area contributed by atoms with Gasteiger partial charge in [-0.1, -0.05) is 0 Å². The molecule has 0 fully saturated rings. The largest absolute Gasteiger partial charge is 0.493 e. The predicted molar refractivity (Wildman–Crippen MR) is 66.5 cm³/mol. The van der Waals surface area contributed by atoms with Crippen molar-refractivity contribution in [3.05, 3.63) is 17.7 Å². The molecule has 1 N–H and O–H groups in total. The summed E-state index contributed by atoms with van der Waals surface area (Å²) < 4.78 is 15.5. The average Bonchev–Trinajstić information content (AvgIpc) is 2.42. The van der Waals surface area contributed by atoms with E-state index in [0.29, 0.717) is 22.8 Å². The third kappa shape index (κ3) is 3.28. The summed E-state index contributed by atoms with van der Waals surface area (Å²) >= 11 is 0. The Labute approximate surface area is 111 Å². The normalized spacial score (nSPS) is 11.3. The van der Waals surface area contributed by atoms with Crippen LogP contribution in [-0.4, -0.2) is 32.4 Å². The SMILES string of the molecule is COc1cc(C[C@H](C#N)C(=O)O)cc(OC)c1OC. The molecule has 0 unspecified atom stereocenters. The fourth-order valence-corrected chi connectivity index (χ4v) is 1.68. The molecule has 0 heterocycles. The van der Waals surface area contributed by atoms with Crippen LogP contribution >= 0.6 is 0 Å². The first-order chi connectivity index (χ1) is 9.07. The average molecular weight is 265 g/mol. The molecule has 0 spiro atoms. The van der Waals surface area contributed by atoms with E-state index in [9.17, 15) is 4.79 Å². The van der Waals surface area contributed by atoms with E-state index in [1.54, 1.807) is 18.2 Å². The summed E-state index contributed by atoms with van der Waals surface area (Å²) in [5.74, 6) is -0.977. The Morgan fingerprint density at radius 1 is 1.26 bits per heavy atom. The third-order valence-corrected chi connectivity index (χ3v) is 2.62. The van der Waals surface area contributed by atoms with Crippen molar-refractivity contribution in [1.82, 2.24) is 0 Å². The van der Waals surface area contributed by atoms with E-state index in [2.05, 4.69) is 0 Å².